The molecular formula is C23H27N5O3S2. The molecule has 0 unspecified atom stereocenters. The van der Waals surface area contributed by atoms with Gasteiger partial charge in [0.1, 0.15) is 11.2 Å². The molecule has 2 saturated heterocycles. The number of rotatable bonds is 7. The molecule has 174 valence electrons. The zero-order valence-corrected chi connectivity index (χ0v) is 20.2. The highest BCUT2D eigenvalue weighted by Gasteiger charge is 2.55. The minimum absolute atomic E-state index is 0.00942. The van der Waals surface area contributed by atoms with E-state index in [1.807, 2.05) is 45.3 Å². The first-order valence-electron chi connectivity index (χ1n) is 11.4. The van der Waals surface area contributed by atoms with Crippen molar-refractivity contribution in [2.24, 2.45) is 5.92 Å². The topological polar surface area (TPSA) is 87.0 Å². The molecule has 2 aliphatic heterocycles. The molecule has 3 aromatic rings. The second kappa shape index (κ2) is 8.90. The van der Waals surface area contributed by atoms with E-state index in [4.69, 9.17) is 0 Å². The van der Waals surface area contributed by atoms with Crippen LogP contribution in [0, 0.1) is 5.92 Å². The van der Waals surface area contributed by atoms with Crippen molar-refractivity contribution in [3.8, 4) is 0 Å². The van der Waals surface area contributed by atoms with Gasteiger partial charge in [-0.1, -0.05) is 19.4 Å². The molecule has 4 amide bonds. The zero-order valence-electron chi connectivity index (χ0n) is 18.5. The lowest BCUT2D eigenvalue weighted by Gasteiger charge is -2.40. The Kier molecular flexibility index (Phi) is 5.96. The first kappa shape index (κ1) is 22.1. The SMILES string of the molecule is CCC[C@]1(C2CCN(C(=O)c3cn4ccsc4n3)CC2)NC(=O)N(CCc2cccs2)C1=O. The van der Waals surface area contributed by atoms with Crippen LogP contribution in [0.4, 0.5) is 4.79 Å². The molecule has 0 aromatic carbocycles. The smallest absolute Gasteiger partial charge is 0.325 e. The van der Waals surface area contributed by atoms with Crippen LogP contribution in [0.25, 0.3) is 4.96 Å². The summed E-state index contributed by atoms with van der Waals surface area (Å²) in [6.07, 6.45) is 7.11. The van der Waals surface area contributed by atoms with Gasteiger partial charge in [-0.15, -0.1) is 22.7 Å². The predicted octanol–water partition coefficient (Wildman–Crippen LogP) is 3.64. The number of piperidine rings is 1. The molecule has 1 N–H and O–H groups in total. The van der Waals surface area contributed by atoms with Gasteiger partial charge in [0.15, 0.2) is 4.96 Å². The number of carbonyl (C=O) groups is 3. The number of aromatic nitrogens is 2. The summed E-state index contributed by atoms with van der Waals surface area (Å²) in [4.78, 5) is 49.0. The Hall–Kier alpha value is -2.72. The number of amides is 4. The van der Waals surface area contributed by atoms with Gasteiger partial charge < -0.3 is 10.2 Å². The maximum atomic E-state index is 13.5. The fraction of sp³-hybridized carbons (Fsp3) is 0.478. The van der Waals surface area contributed by atoms with Gasteiger partial charge in [-0.2, -0.15) is 0 Å². The van der Waals surface area contributed by atoms with Gasteiger partial charge >= 0.3 is 6.03 Å². The van der Waals surface area contributed by atoms with Crippen molar-refractivity contribution in [2.75, 3.05) is 19.6 Å². The number of thiophene rings is 1. The largest absolute Gasteiger partial charge is 0.337 e. The summed E-state index contributed by atoms with van der Waals surface area (Å²) in [6, 6.07) is 3.72. The number of imide groups is 1. The number of carbonyl (C=O) groups excluding carboxylic acids is 3. The third-order valence-electron chi connectivity index (χ3n) is 6.80. The van der Waals surface area contributed by atoms with Gasteiger partial charge in [-0.25, -0.2) is 9.78 Å². The van der Waals surface area contributed by atoms with Gasteiger partial charge in [0, 0.05) is 42.3 Å². The van der Waals surface area contributed by atoms with Crippen molar-refractivity contribution in [1.29, 1.82) is 0 Å². The lowest BCUT2D eigenvalue weighted by atomic mass is 9.74. The molecule has 0 saturated carbocycles. The molecule has 5 rings (SSSR count). The fourth-order valence-electron chi connectivity index (χ4n) is 5.14. The number of nitrogens with zero attached hydrogens (tertiary/aromatic N) is 4. The first-order chi connectivity index (χ1) is 16.0. The summed E-state index contributed by atoms with van der Waals surface area (Å²) in [5, 5.41) is 7.02. The molecular weight excluding hydrogens is 458 g/mol. The van der Waals surface area contributed by atoms with E-state index in [1.165, 1.54) is 16.2 Å². The van der Waals surface area contributed by atoms with E-state index in [-0.39, 0.29) is 23.8 Å². The molecule has 0 aliphatic carbocycles. The molecule has 33 heavy (non-hydrogen) atoms. The second-order valence-corrected chi connectivity index (χ2v) is 10.6. The Morgan fingerprint density at radius 1 is 1.24 bits per heavy atom. The number of imidazole rings is 1. The van der Waals surface area contributed by atoms with Crippen LogP contribution >= 0.6 is 22.7 Å². The van der Waals surface area contributed by atoms with Crippen LogP contribution in [-0.2, 0) is 11.2 Å². The van der Waals surface area contributed by atoms with E-state index < -0.39 is 5.54 Å². The molecule has 0 radical (unpaired) electrons. The number of fused-ring (bicyclic) bond motifs is 1. The maximum Gasteiger partial charge on any atom is 0.325 e. The highest BCUT2D eigenvalue weighted by Crippen LogP contribution is 2.37. The van der Waals surface area contributed by atoms with E-state index in [0.29, 0.717) is 51.0 Å². The normalized spacial score (nSPS) is 21.8. The van der Waals surface area contributed by atoms with E-state index >= 15 is 0 Å². The molecule has 2 aliphatic rings. The second-order valence-electron chi connectivity index (χ2n) is 8.72. The van der Waals surface area contributed by atoms with Crippen molar-refractivity contribution >= 4 is 45.5 Å². The quantitative estimate of drug-likeness (QED) is 0.518. The van der Waals surface area contributed by atoms with Crippen LogP contribution in [0.3, 0.4) is 0 Å². The Balaban J connectivity index is 1.27. The molecule has 10 heteroatoms. The Morgan fingerprint density at radius 2 is 2.06 bits per heavy atom. The number of hydrogen-bond acceptors (Lipinski definition) is 6. The van der Waals surface area contributed by atoms with Crippen LogP contribution < -0.4 is 5.32 Å². The van der Waals surface area contributed by atoms with Gasteiger partial charge in [-0.05, 0) is 43.0 Å². The highest BCUT2D eigenvalue weighted by atomic mass is 32.1. The lowest BCUT2D eigenvalue weighted by molar-refractivity contribution is -0.134. The summed E-state index contributed by atoms with van der Waals surface area (Å²) in [7, 11) is 0. The minimum atomic E-state index is -0.868. The van der Waals surface area contributed by atoms with Crippen LogP contribution in [0.5, 0.6) is 0 Å². The molecule has 0 bridgehead atoms. The monoisotopic (exact) mass is 485 g/mol. The highest BCUT2D eigenvalue weighted by molar-refractivity contribution is 7.15. The van der Waals surface area contributed by atoms with Gasteiger partial charge in [0.25, 0.3) is 11.8 Å². The Bertz CT molecular complexity index is 1130. The zero-order chi connectivity index (χ0) is 23.0. The number of thiazole rings is 1. The third-order valence-corrected chi connectivity index (χ3v) is 8.51. The first-order valence-corrected chi connectivity index (χ1v) is 13.2. The Labute approximate surface area is 200 Å². The summed E-state index contributed by atoms with van der Waals surface area (Å²) >= 11 is 3.13. The van der Waals surface area contributed by atoms with E-state index in [9.17, 15) is 14.4 Å². The number of nitrogens with one attached hydrogen (secondary N) is 1. The van der Waals surface area contributed by atoms with Crippen molar-refractivity contribution in [1.82, 2.24) is 24.5 Å². The van der Waals surface area contributed by atoms with E-state index in [2.05, 4.69) is 10.3 Å². The average molecular weight is 486 g/mol. The van der Waals surface area contributed by atoms with Crippen LogP contribution in [0.15, 0.2) is 35.3 Å². The van der Waals surface area contributed by atoms with Gasteiger partial charge in [0.2, 0.25) is 0 Å². The molecule has 0 spiro atoms. The summed E-state index contributed by atoms with van der Waals surface area (Å²) < 4.78 is 1.86. The van der Waals surface area contributed by atoms with Gasteiger partial charge in [0.05, 0.1) is 0 Å². The summed E-state index contributed by atoms with van der Waals surface area (Å²) in [5.41, 5.74) is -0.415. The average Bonchev–Trinajstić information content (AvgIpc) is 3.59. The van der Waals surface area contributed by atoms with Crippen LogP contribution in [0.1, 0.15) is 48.0 Å². The number of likely N-dealkylation sites (tertiary alicyclic amines) is 1. The van der Waals surface area contributed by atoms with Gasteiger partial charge in [-0.3, -0.25) is 18.9 Å². The summed E-state index contributed by atoms with van der Waals surface area (Å²) in [5.74, 6) is -0.173. The van der Waals surface area contributed by atoms with Crippen molar-refractivity contribution < 1.29 is 14.4 Å². The molecule has 8 nitrogen and oxygen atoms in total. The minimum Gasteiger partial charge on any atom is -0.337 e. The standard InChI is InChI=1S/C23H27N5O3S2/c1-2-8-23(20(30)28(21(31)25-23)11-7-17-4-3-13-32-17)16-5-9-26(10-6-16)19(29)18-15-27-12-14-33-22(27)24-18/h3-4,12-16H,2,5-11H2,1H3,(H,25,31)/t23-/m1/s1. The molecule has 3 aromatic heterocycles. The number of hydrogen-bond donors (Lipinski definition) is 1. The lowest BCUT2D eigenvalue weighted by Crippen LogP contribution is -2.56. The maximum absolute atomic E-state index is 13.5. The Morgan fingerprint density at radius 3 is 2.76 bits per heavy atom. The van der Waals surface area contributed by atoms with E-state index in [0.717, 1.165) is 16.3 Å². The van der Waals surface area contributed by atoms with Crippen LogP contribution in [0.2, 0.25) is 0 Å². The number of urea groups is 1. The van der Waals surface area contributed by atoms with Crippen molar-refractivity contribution in [3.05, 3.63) is 45.9 Å². The molecule has 5 heterocycles. The van der Waals surface area contributed by atoms with Crippen LogP contribution in [-0.4, -0.2) is 62.2 Å². The van der Waals surface area contributed by atoms with Crippen molar-refractivity contribution in [3.63, 3.8) is 0 Å². The predicted molar refractivity (Wildman–Crippen MR) is 128 cm³/mol. The van der Waals surface area contributed by atoms with E-state index in [1.54, 1.807) is 17.5 Å². The third kappa shape index (κ3) is 3.95. The summed E-state index contributed by atoms with van der Waals surface area (Å²) in [6.45, 7) is 3.54. The van der Waals surface area contributed by atoms with Crippen molar-refractivity contribution in [2.45, 2.75) is 44.6 Å². The molecule has 2 fully saturated rings. The fourth-order valence-corrected chi connectivity index (χ4v) is 6.54. The molecule has 1 atom stereocenters.